The number of hydrogen-bond acceptors (Lipinski definition) is 4. The predicted octanol–water partition coefficient (Wildman–Crippen LogP) is 1.58. The fourth-order valence-corrected chi connectivity index (χ4v) is 1.73. The van der Waals surface area contributed by atoms with Crippen LogP contribution in [0.4, 0.5) is 18.9 Å². The van der Waals surface area contributed by atoms with Crippen LogP contribution >= 0.6 is 0 Å². The smallest absolute Gasteiger partial charge is 0.258 e. The molecule has 0 aliphatic heterocycles. The molecule has 1 aromatic carbocycles. The topological polar surface area (TPSA) is 89.3 Å². The SMILES string of the molecule is O=[N+]([O-])c1ccc(CCNS(=O)(=O)C(F)(F)F)cc1. The number of non-ortho nitro benzene ring substituents is 1. The van der Waals surface area contributed by atoms with E-state index < -0.39 is 27.0 Å². The Kier molecular flexibility index (Phi) is 4.48. The second-order valence-electron chi connectivity index (χ2n) is 3.52. The van der Waals surface area contributed by atoms with Gasteiger partial charge >= 0.3 is 15.5 Å². The maximum Gasteiger partial charge on any atom is 0.511 e. The average molecular weight is 298 g/mol. The van der Waals surface area contributed by atoms with Crippen molar-refractivity contribution in [3.63, 3.8) is 0 Å². The lowest BCUT2D eigenvalue weighted by atomic mass is 10.1. The summed E-state index contributed by atoms with van der Waals surface area (Å²) in [5.74, 6) is 0. The number of nitro groups is 1. The van der Waals surface area contributed by atoms with Gasteiger partial charge in [0.05, 0.1) is 4.92 Å². The zero-order valence-electron chi connectivity index (χ0n) is 9.35. The van der Waals surface area contributed by atoms with Crippen molar-refractivity contribution in [1.29, 1.82) is 0 Å². The van der Waals surface area contributed by atoms with Gasteiger partial charge in [-0.05, 0) is 12.0 Å². The average Bonchev–Trinajstić information content (AvgIpc) is 2.28. The third-order valence-corrected chi connectivity index (χ3v) is 3.35. The van der Waals surface area contributed by atoms with Crippen LogP contribution in [0, 0.1) is 10.1 Å². The van der Waals surface area contributed by atoms with Gasteiger partial charge in [0, 0.05) is 18.7 Å². The molecule has 106 valence electrons. The molecule has 0 spiro atoms. The number of sulfonamides is 1. The molecule has 0 unspecified atom stereocenters. The second-order valence-corrected chi connectivity index (χ2v) is 5.28. The summed E-state index contributed by atoms with van der Waals surface area (Å²) in [5, 5.41) is 10.4. The molecule has 0 bridgehead atoms. The van der Waals surface area contributed by atoms with Gasteiger partial charge in [0.1, 0.15) is 0 Å². The van der Waals surface area contributed by atoms with E-state index in [2.05, 4.69) is 0 Å². The van der Waals surface area contributed by atoms with Gasteiger partial charge in [-0.1, -0.05) is 12.1 Å². The Hall–Kier alpha value is -1.68. The maximum absolute atomic E-state index is 12.0. The van der Waals surface area contributed by atoms with E-state index in [9.17, 15) is 31.7 Å². The fourth-order valence-electron chi connectivity index (χ4n) is 1.20. The summed E-state index contributed by atoms with van der Waals surface area (Å²) in [6.45, 7) is -0.445. The molecule has 0 amide bonds. The van der Waals surface area contributed by atoms with Gasteiger partial charge in [0.2, 0.25) is 0 Å². The van der Waals surface area contributed by atoms with E-state index in [0.29, 0.717) is 5.56 Å². The summed E-state index contributed by atoms with van der Waals surface area (Å²) in [6.07, 6.45) is -0.00664. The molecule has 0 saturated carbocycles. The van der Waals surface area contributed by atoms with Gasteiger partial charge in [-0.15, -0.1) is 0 Å². The lowest BCUT2D eigenvalue weighted by Gasteiger charge is -2.09. The molecule has 0 aliphatic rings. The van der Waals surface area contributed by atoms with Gasteiger partial charge in [0.25, 0.3) is 5.69 Å². The number of halogens is 3. The standard InChI is InChI=1S/C9H9F3N2O4S/c10-9(11,12)19(17,18)13-6-5-7-1-3-8(4-2-7)14(15)16/h1-4,13H,5-6H2. The van der Waals surface area contributed by atoms with E-state index in [4.69, 9.17) is 0 Å². The molecule has 10 heteroatoms. The van der Waals surface area contributed by atoms with Crippen molar-refractivity contribution in [3.05, 3.63) is 39.9 Å². The highest BCUT2D eigenvalue weighted by molar-refractivity contribution is 7.90. The van der Waals surface area contributed by atoms with Gasteiger partial charge in [-0.25, -0.2) is 13.1 Å². The normalized spacial score (nSPS) is 12.4. The van der Waals surface area contributed by atoms with Crippen LogP contribution in [0.3, 0.4) is 0 Å². The van der Waals surface area contributed by atoms with Gasteiger partial charge in [0.15, 0.2) is 0 Å². The Labute approximate surface area is 106 Å². The van der Waals surface area contributed by atoms with Crippen molar-refractivity contribution in [2.24, 2.45) is 0 Å². The van der Waals surface area contributed by atoms with Gasteiger partial charge in [-0.3, -0.25) is 10.1 Å². The highest BCUT2D eigenvalue weighted by Gasteiger charge is 2.45. The first-order chi connectivity index (χ1) is 8.63. The number of rotatable bonds is 5. The molecule has 0 atom stereocenters. The first-order valence-electron chi connectivity index (χ1n) is 4.93. The van der Waals surface area contributed by atoms with E-state index in [1.54, 1.807) is 0 Å². The van der Waals surface area contributed by atoms with E-state index in [1.807, 2.05) is 0 Å². The first kappa shape index (κ1) is 15.4. The molecule has 0 radical (unpaired) electrons. The Bertz CT molecular complexity index is 554. The van der Waals surface area contributed by atoms with Crippen molar-refractivity contribution in [2.75, 3.05) is 6.54 Å². The predicted molar refractivity (Wildman–Crippen MR) is 59.8 cm³/mol. The first-order valence-corrected chi connectivity index (χ1v) is 6.41. The second kappa shape index (κ2) is 5.53. The monoisotopic (exact) mass is 298 g/mol. The third kappa shape index (κ3) is 4.17. The Morgan fingerprint density at radius 3 is 2.16 bits per heavy atom. The minimum Gasteiger partial charge on any atom is -0.258 e. The van der Waals surface area contributed by atoms with Crippen LogP contribution in [0.15, 0.2) is 24.3 Å². The van der Waals surface area contributed by atoms with E-state index in [1.165, 1.54) is 29.0 Å². The Morgan fingerprint density at radius 2 is 1.74 bits per heavy atom. The zero-order valence-corrected chi connectivity index (χ0v) is 10.2. The van der Waals surface area contributed by atoms with Crippen LogP contribution in [0.25, 0.3) is 0 Å². The van der Waals surface area contributed by atoms with Crippen molar-refractivity contribution < 1.29 is 26.5 Å². The molecule has 0 fully saturated rings. The largest absolute Gasteiger partial charge is 0.511 e. The van der Waals surface area contributed by atoms with Crippen LogP contribution in [0.2, 0.25) is 0 Å². The Balaban J connectivity index is 2.57. The quantitative estimate of drug-likeness (QED) is 0.660. The summed E-state index contributed by atoms with van der Waals surface area (Å²) in [4.78, 5) is 9.74. The van der Waals surface area contributed by atoms with Crippen LogP contribution in [0.5, 0.6) is 0 Å². The molecule has 1 rings (SSSR count). The molecule has 6 nitrogen and oxygen atoms in total. The fraction of sp³-hybridized carbons (Fsp3) is 0.333. The molecule has 0 aliphatic carbocycles. The minimum absolute atomic E-state index is 0.00664. The van der Waals surface area contributed by atoms with Crippen LogP contribution < -0.4 is 4.72 Å². The highest BCUT2D eigenvalue weighted by Crippen LogP contribution is 2.21. The molecule has 1 aromatic rings. The van der Waals surface area contributed by atoms with Gasteiger partial charge in [-0.2, -0.15) is 13.2 Å². The number of nitro benzene ring substituents is 1. The van der Waals surface area contributed by atoms with Crippen LogP contribution in [-0.2, 0) is 16.4 Å². The summed E-state index contributed by atoms with van der Waals surface area (Å²) in [6, 6.07) is 5.07. The van der Waals surface area contributed by atoms with E-state index in [-0.39, 0.29) is 12.1 Å². The lowest BCUT2D eigenvalue weighted by Crippen LogP contribution is -2.37. The van der Waals surface area contributed by atoms with E-state index >= 15 is 0 Å². The molecular weight excluding hydrogens is 289 g/mol. The summed E-state index contributed by atoms with van der Waals surface area (Å²) >= 11 is 0. The van der Waals surface area contributed by atoms with Crippen LogP contribution in [-0.4, -0.2) is 25.4 Å². The molecular formula is C9H9F3N2O4S. The number of hydrogen-bond donors (Lipinski definition) is 1. The highest BCUT2D eigenvalue weighted by atomic mass is 32.2. The molecule has 19 heavy (non-hydrogen) atoms. The van der Waals surface area contributed by atoms with Gasteiger partial charge < -0.3 is 0 Å². The number of benzene rings is 1. The minimum atomic E-state index is -5.35. The number of alkyl halides is 3. The van der Waals surface area contributed by atoms with E-state index in [0.717, 1.165) is 0 Å². The van der Waals surface area contributed by atoms with Crippen molar-refractivity contribution in [3.8, 4) is 0 Å². The summed E-state index contributed by atoms with van der Waals surface area (Å²) < 4.78 is 58.6. The number of nitrogens with zero attached hydrogens (tertiary/aromatic N) is 1. The van der Waals surface area contributed by atoms with Crippen LogP contribution in [0.1, 0.15) is 5.56 Å². The van der Waals surface area contributed by atoms with Crippen molar-refractivity contribution in [2.45, 2.75) is 11.9 Å². The summed E-state index contributed by atoms with van der Waals surface area (Å²) in [7, 11) is -5.35. The molecule has 0 heterocycles. The lowest BCUT2D eigenvalue weighted by molar-refractivity contribution is -0.384. The van der Waals surface area contributed by atoms with Crippen molar-refractivity contribution >= 4 is 15.7 Å². The summed E-state index contributed by atoms with van der Waals surface area (Å²) in [5.41, 5.74) is -5.02. The molecule has 0 aromatic heterocycles. The maximum atomic E-state index is 12.0. The molecule has 0 saturated heterocycles. The zero-order chi connectivity index (χ0) is 14.7. The Morgan fingerprint density at radius 1 is 1.21 bits per heavy atom. The third-order valence-electron chi connectivity index (χ3n) is 2.16. The molecule has 1 N–H and O–H groups in total. The number of nitrogens with one attached hydrogen (secondary N) is 1. The van der Waals surface area contributed by atoms with Crippen molar-refractivity contribution in [1.82, 2.24) is 4.72 Å².